The molecule has 0 radical (unpaired) electrons. The van der Waals surface area contributed by atoms with Crippen LogP contribution >= 0.6 is 11.3 Å². The Hall–Kier alpha value is -3.03. The first-order valence-electron chi connectivity index (χ1n) is 12.4. The fourth-order valence-corrected chi connectivity index (χ4v) is 5.30. The number of hydrogen-bond acceptors (Lipinski definition) is 5. The fraction of sp³-hybridized carbons (Fsp3) is 0.393. The third kappa shape index (κ3) is 6.55. The highest BCUT2D eigenvalue weighted by molar-refractivity contribution is 7.07. The molecule has 1 unspecified atom stereocenters. The Balaban J connectivity index is 1.67. The zero-order valence-corrected chi connectivity index (χ0v) is 21.3. The number of thiazole rings is 1. The number of aryl methyl sites for hydroxylation is 2. The lowest BCUT2D eigenvalue weighted by molar-refractivity contribution is -0.127. The van der Waals surface area contributed by atoms with Gasteiger partial charge >= 0.3 is 0 Å². The number of rotatable bonds is 9. The molecule has 1 saturated carbocycles. The Morgan fingerprint density at radius 2 is 1.89 bits per heavy atom. The molecule has 0 bridgehead atoms. The van der Waals surface area contributed by atoms with Crippen molar-refractivity contribution in [1.29, 1.82) is 0 Å². The van der Waals surface area contributed by atoms with Crippen molar-refractivity contribution in [2.45, 2.75) is 64.6 Å². The number of benzene rings is 2. The van der Waals surface area contributed by atoms with E-state index in [0.717, 1.165) is 53.8 Å². The van der Waals surface area contributed by atoms with Crippen molar-refractivity contribution in [2.75, 3.05) is 11.4 Å². The van der Waals surface area contributed by atoms with Gasteiger partial charge in [0.2, 0.25) is 11.8 Å². The molecule has 2 N–H and O–H groups in total. The minimum atomic E-state index is -0.756. The summed E-state index contributed by atoms with van der Waals surface area (Å²) in [6.45, 7) is 4.60. The normalized spacial score (nSPS) is 14.9. The lowest BCUT2D eigenvalue weighted by Crippen LogP contribution is -2.49. The summed E-state index contributed by atoms with van der Waals surface area (Å²) in [6.07, 6.45) is 5.44. The van der Waals surface area contributed by atoms with Crippen molar-refractivity contribution >= 4 is 28.8 Å². The molecule has 184 valence electrons. The molecule has 1 fully saturated rings. The molecular formula is C28H34N4O2S. The Morgan fingerprint density at radius 3 is 2.60 bits per heavy atom. The quantitative estimate of drug-likeness (QED) is 0.439. The predicted molar refractivity (Wildman–Crippen MR) is 141 cm³/mol. The van der Waals surface area contributed by atoms with Gasteiger partial charge in [0.1, 0.15) is 6.04 Å². The number of carbonyl (C=O) groups excluding carboxylic acids is 2. The van der Waals surface area contributed by atoms with Crippen molar-refractivity contribution in [3.05, 3.63) is 81.8 Å². The molecule has 0 aliphatic heterocycles. The van der Waals surface area contributed by atoms with Gasteiger partial charge in [-0.15, -0.1) is 11.3 Å². The number of amides is 2. The van der Waals surface area contributed by atoms with E-state index in [1.807, 2.05) is 67.8 Å². The first kappa shape index (κ1) is 25.1. The van der Waals surface area contributed by atoms with Gasteiger partial charge in [-0.3, -0.25) is 14.5 Å². The van der Waals surface area contributed by atoms with Gasteiger partial charge in [-0.05, 0) is 55.5 Å². The summed E-state index contributed by atoms with van der Waals surface area (Å²) in [7, 11) is 0. The van der Waals surface area contributed by atoms with Crippen molar-refractivity contribution < 1.29 is 9.59 Å². The maximum absolute atomic E-state index is 13.9. The maximum Gasteiger partial charge on any atom is 0.248 e. The molecule has 1 aliphatic carbocycles. The first-order valence-corrected chi connectivity index (χ1v) is 13.3. The molecule has 1 atom stereocenters. The van der Waals surface area contributed by atoms with E-state index >= 15 is 0 Å². The fourth-order valence-electron chi connectivity index (χ4n) is 4.74. The standard InChI is InChI=1S/C28H34N4O2S/c1-20-9-8-13-24(15-20)32(26(33)17-29-16-23-18-35-19-30-23)27(25-14-7-6-10-21(25)2)28(34)31-22-11-4-3-5-12-22/h6-10,13-15,18-19,22,27,29H,3-5,11-12,16-17H2,1-2H3,(H,31,34). The molecule has 1 heterocycles. The average Bonchev–Trinajstić information content (AvgIpc) is 3.37. The summed E-state index contributed by atoms with van der Waals surface area (Å²) < 4.78 is 0. The van der Waals surface area contributed by atoms with Crippen molar-refractivity contribution in [1.82, 2.24) is 15.6 Å². The molecule has 6 nitrogen and oxygen atoms in total. The van der Waals surface area contributed by atoms with Crippen molar-refractivity contribution in [2.24, 2.45) is 0 Å². The van der Waals surface area contributed by atoms with Crippen LogP contribution in [0.25, 0.3) is 0 Å². The summed E-state index contributed by atoms with van der Waals surface area (Å²) in [5, 5.41) is 8.46. The lowest BCUT2D eigenvalue weighted by Gasteiger charge is -2.34. The molecule has 1 aromatic heterocycles. The summed E-state index contributed by atoms with van der Waals surface area (Å²) in [5.74, 6) is -0.279. The molecule has 7 heteroatoms. The van der Waals surface area contributed by atoms with E-state index in [2.05, 4.69) is 15.6 Å². The Labute approximate surface area is 211 Å². The summed E-state index contributed by atoms with van der Waals surface area (Å²) in [4.78, 5) is 33.6. The van der Waals surface area contributed by atoms with Crippen LogP contribution in [0.5, 0.6) is 0 Å². The van der Waals surface area contributed by atoms with E-state index in [-0.39, 0.29) is 24.4 Å². The highest BCUT2D eigenvalue weighted by atomic mass is 32.1. The monoisotopic (exact) mass is 490 g/mol. The first-order chi connectivity index (χ1) is 17.0. The van der Waals surface area contributed by atoms with Crippen molar-refractivity contribution in [3.63, 3.8) is 0 Å². The van der Waals surface area contributed by atoms with Gasteiger partial charge in [-0.1, -0.05) is 55.7 Å². The second kappa shape index (κ2) is 12.1. The number of anilines is 1. The van der Waals surface area contributed by atoms with Gasteiger partial charge in [-0.25, -0.2) is 4.98 Å². The Kier molecular flexibility index (Phi) is 8.66. The van der Waals surface area contributed by atoms with Crippen LogP contribution in [0.4, 0.5) is 5.69 Å². The SMILES string of the molecule is Cc1cccc(N(C(=O)CNCc2cscn2)C(C(=O)NC2CCCCC2)c2ccccc2C)c1. The summed E-state index contributed by atoms with van der Waals surface area (Å²) >= 11 is 1.53. The van der Waals surface area contributed by atoms with E-state index in [1.54, 1.807) is 10.4 Å². The molecule has 2 amide bonds. The number of nitrogens with zero attached hydrogens (tertiary/aromatic N) is 2. The largest absolute Gasteiger partial charge is 0.351 e. The van der Waals surface area contributed by atoms with Gasteiger partial charge in [0.05, 0.1) is 17.7 Å². The highest BCUT2D eigenvalue weighted by Gasteiger charge is 2.34. The third-order valence-electron chi connectivity index (χ3n) is 6.56. The van der Waals surface area contributed by atoms with E-state index in [1.165, 1.54) is 17.8 Å². The number of carbonyl (C=O) groups is 2. The van der Waals surface area contributed by atoms with E-state index in [0.29, 0.717) is 6.54 Å². The van der Waals surface area contributed by atoms with Crippen LogP contribution in [-0.2, 0) is 16.1 Å². The second-order valence-electron chi connectivity index (χ2n) is 9.29. The topological polar surface area (TPSA) is 74.3 Å². The Bertz CT molecular complexity index is 1130. The third-order valence-corrected chi connectivity index (χ3v) is 7.19. The Morgan fingerprint density at radius 1 is 1.09 bits per heavy atom. The van der Waals surface area contributed by atoms with E-state index in [4.69, 9.17) is 0 Å². The second-order valence-corrected chi connectivity index (χ2v) is 10.0. The molecule has 0 spiro atoms. The van der Waals surface area contributed by atoms with E-state index in [9.17, 15) is 9.59 Å². The number of hydrogen-bond donors (Lipinski definition) is 2. The molecular weight excluding hydrogens is 456 g/mol. The summed E-state index contributed by atoms with van der Waals surface area (Å²) in [6, 6.07) is 15.1. The van der Waals surface area contributed by atoms with Gasteiger partial charge in [-0.2, -0.15) is 0 Å². The van der Waals surface area contributed by atoms with Crippen LogP contribution in [-0.4, -0.2) is 29.4 Å². The van der Waals surface area contributed by atoms with Gasteiger partial charge in [0.15, 0.2) is 0 Å². The molecule has 35 heavy (non-hydrogen) atoms. The molecule has 3 aromatic rings. The van der Waals surface area contributed by atoms with Crippen LogP contribution < -0.4 is 15.5 Å². The molecule has 1 aliphatic rings. The number of nitrogens with one attached hydrogen (secondary N) is 2. The minimum absolute atomic E-state index is 0.102. The van der Waals surface area contributed by atoms with Gasteiger partial charge in [0, 0.05) is 23.7 Å². The van der Waals surface area contributed by atoms with Crippen LogP contribution in [0.15, 0.2) is 59.4 Å². The minimum Gasteiger partial charge on any atom is -0.351 e. The van der Waals surface area contributed by atoms with Gasteiger partial charge < -0.3 is 10.6 Å². The van der Waals surface area contributed by atoms with Crippen molar-refractivity contribution in [3.8, 4) is 0 Å². The number of aromatic nitrogens is 1. The molecule has 4 rings (SSSR count). The van der Waals surface area contributed by atoms with E-state index < -0.39 is 6.04 Å². The van der Waals surface area contributed by atoms with Crippen LogP contribution in [0.1, 0.15) is 60.5 Å². The maximum atomic E-state index is 13.9. The zero-order valence-electron chi connectivity index (χ0n) is 20.5. The van der Waals surface area contributed by atoms with Crippen LogP contribution in [0, 0.1) is 13.8 Å². The average molecular weight is 491 g/mol. The lowest BCUT2D eigenvalue weighted by atomic mass is 9.93. The zero-order chi connectivity index (χ0) is 24.6. The molecule has 0 saturated heterocycles. The van der Waals surface area contributed by atoms with Gasteiger partial charge in [0.25, 0.3) is 0 Å². The van der Waals surface area contributed by atoms with Crippen LogP contribution in [0.3, 0.4) is 0 Å². The van der Waals surface area contributed by atoms with Crippen LogP contribution in [0.2, 0.25) is 0 Å². The smallest absolute Gasteiger partial charge is 0.248 e. The summed E-state index contributed by atoms with van der Waals surface area (Å²) in [5.41, 5.74) is 6.26. The predicted octanol–water partition coefficient (Wildman–Crippen LogP) is 5.07. The molecule has 2 aromatic carbocycles. The highest BCUT2D eigenvalue weighted by Crippen LogP contribution is 2.31.